The first-order valence-corrected chi connectivity index (χ1v) is 6.93. The summed E-state index contributed by atoms with van der Waals surface area (Å²) < 4.78 is 5.18. The van der Waals surface area contributed by atoms with Crippen molar-refractivity contribution in [2.24, 2.45) is 0 Å². The molecule has 3 nitrogen and oxygen atoms in total. The van der Waals surface area contributed by atoms with Crippen LogP contribution in [0.5, 0.6) is 0 Å². The van der Waals surface area contributed by atoms with Gasteiger partial charge in [-0.2, -0.15) is 0 Å². The molecule has 0 fully saturated rings. The number of nitrogens with one attached hydrogen (secondary N) is 1. The third kappa shape index (κ3) is 5.19. The van der Waals surface area contributed by atoms with E-state index in [1.165, 1.54) is 25.0 Å². The van der Waals surface area contributed by atoms with Crippen LogP contribution < -0.4 is 5.32 Å². The molecule has 0 radical (unpaired) electrons. The van der Waals surface area contributed by atoms with E-state index in [2.05, 4.69) is 30.1 Å². The fraction of sp³-hybridized carbons (Fsp3) is 0.857. The lowest BCUT2D eigenvalue weighted by atomic mass is 10.1. The maximum atomic E-state index is 5.18. The van der Waals surface area contributed by atoms with Gasteiger partial charge in [0.05, 0.1) is 6.61 Å². The molecular weight excluding hydrogens is 212 g/mol. The molecule has 1 atom stereocenters. The molecule has 0 aromatic rings. The molecule has 100 valence electrons. The highest BCUT2D eigenvalue weighted by molar-refractivity contribution is 5.08. The Hall–Kier alpha value is -0.380. The van der Waals surface area contributed by atoms with Gasteiger partial charge in [0.25, 0.3) is 0 Å². The van der Waals surface area contributed by atoms with Crippen LogP contribution >= 0.6 is 0 Å². The van der Waals surface area contributed by atoms with Crippen LogP contribution in [0.4, 0.5) is 0 Å². The minimum atomic E-state index is 0.682. The Morgan fingerprint density at radius 1 is 1.47 bits per heavy atom. The Morgan fingerprint density at radius 2 is 2.29 bits per heavy atom. The third-order valence-corrected chi connectivity index (χ3v) is 3.46. The Balaban J connectivity index is 2.33. The normalized spacial score (nSPS) is 19.1. The molecule has 0 amide bonds. The van der Waals surface area contributed by atoms with Crippen molar-refractivity contribution in [3.05, 3.63) is 11.6 Å². The predicted molar refractivity (Wildman–Crippen MR) is 73.4 cm³/mol. The summed E-state index contributed by atoms with van der Waals surface area (Å²) in [6, 6.07) is 0.682. The molecule has 0 spiro atoms. The largest absolute Gasteiger partial charge is 0.380 e. The SMILES string of the molecule is CCCNCC(CC)N1CC=C(COC)CC1. The number of hydrogen-bond acceptors (Lipinski definition) is 3. The van der Waals surface area contributed by atoms with Gasteiger partial charge >= 0.3 is 0 Å². The van der Waals surface area contributed by atoms with Crippen LogP contribution in [0.2, 0.25) is 0 Å². The lowest BCUT2D eigenvalue weighted by molar-refractivity contribution is 0.182. The van der Waals surface area contributed by atoms with Crippen molar-refractivity contribution in [3.8, 4) is 0 Å². The van der Waals surface area contributed by atoms with Crippen molar-refractivity contribution >= 4 is 0 Å². The number of nitrogens with zero attached hydrogens (tertiary/aromatic N) is 1. The molecule has 0 saturated heterocycles. The number of hydrogen-bond donors (Lipinski definition) is 1. The average molecular weight is 240 g/mol. The molecule has 1 unspecified atom stereocenters. The first-order chi connectivity index (χ1) is 8.31. The van der Waals surface area contributed by atoms with Crippen LogP contribution in [0.3, 0.4) is 0 Å². The van der Waals surface area contributed by atoms with E-state index in [9.17, 15) is 0 Å². The summed E-state index contributed by atoms with van der Waals surface area (Å²) in [6.45, 7) is 9.83. The molecule has 1 N–H and O–H groups in total. The zero-order valence-corrected chi connectivity index (χ0v) is 11.7. The van der Waals surface area contributed by atoms with Gasteiger partial charge in [0, 0.05) is 32.8 Å². The second-order valence-electron chi connectivity index (χ2n) is 4.81. The van der Waals surface area contributed by atoms with Gasteiger partial charge in [0.2, 0.25) is 0 Å². The van der Waals surface area contributed by atoms with Crippen molar-refractivity contribution in [3.63, 3.8) is 0 Å². The molecule has 0 bridgehead atoms. The highest BCUT2D eigenvalue weighted by atomic mass is 16.5. The molecule has 0 saturated carbocycles. The highest BCUT2D eigenvalue weighted by Gasteiger charge is 2.18. The van der Waals surface area contributed by atoms with Gasteiger partial charge in [-0.1, -0.05) is 19.9 Å². The van der Waals surface area contributed by atoms with Crippen molar-refractivity contribution < 1.29 is 4.74 Å². The van der Waals surface area contributed by atoms with E-state index in [0.717, 1.165) is 32.7 Å². The average Bonchev–Trinajstić information content (AvgIpc) is 2.36. The van der Waals surface area contributed by atoms with E-state index < -0.39 is 0 Å². The fourth-order valence-electron chi connectivity index (χ4n) is 2.35. The number of ether oxygens (including phenoxy) is 1. The summed E-state index contributed by atoms with van der Waals surface area (Å²) in [5, 5.41) is 3.53. The van der Waals surface area contributed by atoms with Crippen LogP contribution in [0.15, 0.2) is 11.6 Å². The standard InChI is InChI=1S/C14H28N2O/c1-4-8-15-11-14(5-2)16-9-6-13(7-10-16)12-17-3/h6,14-15H,4-5,7-12H2,1-3H3. The van der Waals surface area contributed by atoms with Crippen LogP contribution in [0.1, 0.15) is 33.1 Å². The van der Waals surface area contributed by atoms with Gasteiger partial charge in [-0.25, -0.2) is 0 Å². The van der Waals surface area contributed by atoms with E-state index in [-0.39, 0.29) is 0 Å². The smallest absolute Gasteiger partial charge is 0.0673 e. The summed E-state index contributed by atoms with van der Waals surface area (Å²) in [5.41, 5.74) is 1.46. The van der Waals surface area contributed by atoms with E-state index >= 15 is 0 Å². The summed E-state index contributed by atoms with van der Waals surface area (Å²) in [4.78, 5) is 2.59. The van der Waals surface area contributed by atoms with Gasteiger partial charge < -0.3 is 10.1 Å². The number of rotatable bonds is 8. The molecule has 3 heteroatoms. The maximum absolute atomic E-state index is 5.18. The lowest BCUT2D eigenvalue weighted by Crippen LogP contribution is -2.44. The Morgan fingerprint density at radius 3 is 2.82 bits per heavy atom. The van der Waals surface area contributed by atoms with Gasteiger partial charge in [-0.15, -0.1) is 0 Å². The van der Waals surface area contributed by atoms with Crippen LogP contribution in [0, 0.1) is 0 Å². The lowest BCUT2D eigenvalue weighted by Gasteiger charge is -2.33. The quantitative estimate of drug-likeness (QED) is 0.519. The highest BCUT2D eigenvalue weighted by Crippen LogP contribution is 2.14. The van der Waals surface area contributed by atoms with Crippen molar-refractivity contribution in [1.29, 1.82) is 0 Å². The Bertz CT molecular complexity index is 228. The van der Waals surface area contributed by atoms with Crippen molar-refractivity contribution in [2.45, 2.75) is 39.2 Å². The van der Waals surface area contributed by atoms with E-state index in [1.807, 2.05) is 0 Å². The summed E-state index contributed by atoms with van der Waals surface area (Å²) in [6.07, 6.45) is 5.95. The van der Waals surface area contributed by atoms with Gasteiger partial charge in [0.1, 0.15) is 0 Å². The monoisotopic (exact) mass is 240 g/mol. The van der Waals surface area contributed by atoms with Crippen molar-refractivity contribution in [2.75, 3.05) is 39.9 Å². The molecule has 1 aliphatic heterocycles. The zero-order chi connectivity index (χ0) is 12.5. The molecule has 1 heterocycles. The zero-order valence-electron chi connectivity index (χ0n) is 11.7. The second-order valence-corrected chi connectivity index (χ2v) is 4.81. The topological polar surface area (TPSA) is 24.5 Å². The van der Waals surface area contributed by atoms with E-state index in [1.54, 1.807) is 7.11 Å². The Kier molecular flexibility index (Phi) is 7.49. The molecule has 1 aliphatic rings. The van der Waals surface area contributed by atoms with Crippen LogP contribution in [-0.4, -0.2) is 50.8 Å². The summed E-state index contributed by atoms with van der Waals surface area (Å²) >= 11 is 0. The second kappa shape index (κ2) is 8.67. The molecule has 17 heavy (non-hydrogen) atoms. The third-order valence-electron chi connectivity index (χ3n) is 3.46. The first kappa shape index (κ1) is 14.7. The van der Waals surface area contributed by atoms with Crippen molar-refractivity contribution in [1.82, 2.24) is 10.2 Å². The van der Waals surface area contributed by atoms with E-state index in [4.69, 9.17) is 4.74 Å². The first-order valence-electron chi connectivity index (χ1n) is 6.93. The van der Waals surface area contributed by atoms with Crippen LogP contribution in [0.25, 0.3) is 0 Å². The van der Waals surface area contributed by atoms with Crippen LogP contribution in [-0.2, 0) is 4.74 Å². The minimum Gasteiger partial charge on any atom is -0.380 e. The summed E-state index contributed by atoms with van der Waals surface area (Å²) in [5.74, 6) is 0. The molecule has 0 aromatic heterocycles. The molecule has 1 rings (SSSR count). The Labute approximate surface area is 106 Å². The molecular formula is C14H28N2O. The molecule has 0 aliphatic carbocycles. The summed E-state index contributed by atoms with van der Waals surface area (Å²) in [7, 11) is 1.77. The predicted octanol–water partition coefficient (Wildman–Crippen LogP) is 2.04. The minimum absolute atomic E-state index is 0.682. The van der Waals surface area contributed by atoms with E-state index in [0.29, 0.717) is 6.04 Å². The number of methoxy groups -OCH3 is 1. The maximum Gasteiger partial charge on any atom is 0.0673 e. The van der Waals surface area contributed by atoms with Gasteiger partial charge in [-0.05, 0) is 31.4 Å². The van der Waals surface area contributed by atoms with Gasteiger partial charge in [-0.3, -0.25) is 4.90 Å². The fourth-order valence-corrected chi connectivity index (χ4v) is 2.35. The molecule has 0 aromatic carbocycles. The van der Waals surface area contributed by atoms with Gasteiger partial charge in [0.15, 0.2) is 0 Å².